The molecule has 0 saturated carbocycles. The van der Waals surface area contributed by atoms with E-state index in [0.717, 1.165) is 13.0 Å². The van der Waals surface area contributed by atoms with E-state index >= 15 is 0 Å². The van der Waals surface area contributed by atoms with Gasteiger partial charge < -0.3 is 16.0 Å². The maximum atomic E-state index is 13.0. The molecule has 3 N–H and O–H groups in total. The highest BCUT2D eigenvalue weighted by Gasteiger charge is 2.31. The number of carbonyl (C=O) groups is 1. The van der Waals surface area contributed by atoms with Crippen molar-refractivity contribution in [1.29, 1.82) is 0 Å². The second-order valence-electron chi connectivity index (χ2n) is 5.94. The number of hydrogen-bond acceptors (Lipinski definition) is 2. The van der Waals surface area contributed by atoms with Gasteiger partial charge in [0.2, 0.25) is 0 Å². The number of urea groups is 1. The number of nitrogens with one attached hydrogen (secondary N) is 3. The molecule has 1 aromatic carbocycles. The molecule has 1 heterocycles. The largest absolute Gasteiger partial charge is 0.336 e. The lowest BCUT2D eigenvalue weighted by molar-refractivity contribution is 0.177. The Morgan fingerprint density at radius 1 is 1.50 bits per heavy atom. The van der Waals surface area contributed by atoms with Crippen molar-refractivity contribution in [2.75, 3.05) is 18.4 Å². The summed E-state index contributed by atoms with van der Waals surface area (Å²) in [4.78, 5) is 11.8. The van der Waals surface area contributed by atoms with E-state index in [9.17, 15) is 9.18 Å². The van der Waals surface area contributed by atoms with Gasteiger partial charge in [-0.25, -0.2) is 9.18 Å². The van der Waals surface area contributed by atoms with Gasteiger partial charge in [-0.15, -0.1) is 0 Å². The third kappa shape index (κ3) is 3.93. The van der Waals surface area contributed by atoms with Crippen LogP contribution >= 0.6 is 0 Å². The van der Waals surface area contributed by atoms with Gasteiger partial charge in [-0.3, -0.25) is 0 Å². The number of benzene rings is 1. The summed E-state index contributed by atoms with van der Waals surface area (Å²) in [5.74, 6) is -0.363. The van der Waals surface area contributed by atoms with Crippen molar-refractivity contribution in [2.45, 2.75) is 32.7 Å². The Kier molecular flexibility index (Phi) is 4.60. The molecule has 1 aromatic rings. The van der Waals surface area contributed by atoms with Crippen LogP contribution < -0.4 is 16.0 Å². The number of piperidine rings is 1. The lowest BCUT2D eigenvalue weighted by Gasteiger charge is -2.39. The molecule has 0 radical (unpaired) electrons. The summed E-state index contributed by atoms with van der Waals surface area (Å²) in [5.41, 5.74) is 0.628. The minimum atomic E-state index is -0.363. The van der Waals surface area contributed by atoms with E-state index in [1.807, 2.05) is 0 Å². The lowest BCUT2D eigenvalue weighted by Crippen LogP contribution is -2.53. The average molecular weight is 279 g/mol. The predicted molar refractivity (Wildman–Crippen MR) is 78.2 cm³/mol. The molecule has 1 unspecified atom stereocenters. The molecule has 1 saturated heterocycles. The number of anilines is 1. The van der Waals surface area contributed by atoms with Crippen LogP contribution in [-0.2, 0) is 0 Å². The summed E-state index contributed by atoms with van der Waals surface area (Å²) < 4.78 is 13.0. The average Bonchev–Trinajstić information content (AvgIpc) is 2.37. The third-order valence-corrected chi connectivity index (χ3v) is 3.88. The van der Waals surface area contributed by atoms with Gasteiger partial charge in [-0.2, -0.15) is 0 Å². The second-order valence-corrected chi connectivity index (χ2v) is 5.94. The molecule has 0 aromatic heterocycles. The fourth-order valence-electron chi connectivity index (χ4n) is 2.56. The van der Waals surface area contributed by atoms with E-state index in [4.69, 9.17) is 0 Å². The van der Waals surface area contributed by atoms with Gasteiger partial charge in [0.05, 0.1) is 0 Å². The van der Waals surface area contributed by atoms with Crippen LogP contribution in [0.2, 0.25) is 0 Å². The zero-order valence-electron chi connectivity index (χ0n) is 12.0. The molecule has 0 bridgehead atoms. The number of halogens is 1. The summed E-state index contributed by atoms with van der Waals surface area (Å²) in [6.45, 7) is 5.96. The normalized spacial score (nSPS) is 21.2. The molecule has 110 valence electrons. The van der Waals surface area contributed by atoms with Crippen LogP contribution in [0, 0.1) is 11.2 Å². The van der Waals surface area contributed by atoms with Gasteiger partial charge in [-0.05, 0) is 43.0 Å². The van der Waals surface area contributed by atoms with Crippen molar-refractivity contribution in [2.24, 2.45) is 5.41 Å². The zero-order valence-corrected chi connectivity index (χ0v) is 12.0. The van der Waals surface area contributed by atoms with Gasteiger partial charge in [0.15, 0.2) is 0 Å². The second kappa shape index (κ2) is 6.22. The molecule has 5 heteroatoms. The maximum absolute atomic E-state index is 13.0. The Morgan fingerprint density at radius 2 is 2.30 bits per heavy atom. The molecule has 4 nitrogen and oxygen atoms in total. The first kappa shape index (κ1) is 14.8. The van der Waals surface area contributed by atoms with Crippen LogP contribution in [-0.4, -0.2) is 25.2 Å². The zero-order chi connectivity index (χ0) is 14.6. The van der Waals surface area contributed by atoms with Crippen molar-refractivity contribution in [3.8, 4) is 0 Å². The molecule has 0 aliphatic carbocycles. The van der Waals surface area contributed by atoms with Crippen molar-refractivity contribution in [3.05, 3.63) is 30.1 Å². The lowest BCUT2D eigenvalue weighted by atomic mass is 9.77. The third-order valence-electron chi connectivity index (χ3n) is 3.88. The molecule has 1 aliphatic rings. The van der Waals surface area contributed by atoms with E-state index in [1.54, 1.807) is 12.1 Å². The molecule has 20 heavy (non-hydrogen) atoms. The number of rotatable bonds is 3. The minimum Gasteiger partial charge on any atom is -0.336 e. The number of amides is 2. The van der Waals surface area contributed by atoms with Crippen LogP contribution in [0.25, 0.3) is 0 Å². The topological polar surface area (TPSA) is 53.2 Å². The highest BCUT2D eigenvalue weighted by Crippen LogP contribution is 2.29. The Morgan fingerprint density at radius 3 is 3.00 bits per heavy atom. The highest BCUT2D eigenvalue weighted by molar-refractivity contribution is 5.89. The minimum absolute atomic E-state index is 0.171. The smallest absolute Gasteiger partial charge is 0.319 e. The Hall–Kier alpha value is -1.62. The van der Waals surface area contributed by atoms with E-state index in [0.29, 0.717) is 12.2 Å². The summed E-state index contributed by atoms with van der Waals surface area (Å²) in [7, 11) is 0. The fourth-order valence-corrected chi connectivity index (χ4v) is 2.56. The first-order valence-electron chi connectivity index (χ1n) is 7.01. The molecule has 1 atom stereocenters. The predicted octanol–water partition coefficient (Wildman–Crippen LogP) is 2.73. The van der Waals surface area contributed by atoms with Crippen molar-refractivity contribution < 1.29 is 9.18 Å². The SMILES string of the molecule is CC1(C)CCCNC1CNC(=O)Nc1cccc(F)c1. The standard InChI is InChI=1S/C15H22FN3O/c1-15(2)7-4-8-17-13(15)10-18-14(20)19-12-6-3-5-11(16)9-12/h3,5-6,9,13,17H,4,7-8,10H2,1-2H3,(H2,18,19,20). The Labute approximate surface area is 119 Å². The monoisotopic (exact) mass is 279 g/mol. The van der Waals surface area contributed by atoms with E-state index < -0.39 is 0 Å². The summed E-state index contributed by atoms with van der Waals surface area (Å²) in [6.07, 6.45) is 2.32. The van der Waals surface area contributed by atoms with Crippen molar-refractivity contribution in [1.82, 2.24) is 10.6 Å². The first-order chi connectivity index (χ1) is 9.47. The summed E-state index contributed by atoms with van der Waals surface area (Å²) in [5, 5.41) is 8.91. The van der Waals surface area contributed by atoms with E-state index in [2.05, 4.69) is 29.8 Å². The van der Waals surface area contributed by atoms with E-state index in [1.165, 1.54) is 18.6 Å². The molecule has 2 amide bonds. The van der Waals surface area contributed by atoms with E-state index in [-0.39, 0.29) is 23.3 Å². The first-order valence-corrected chi connectivity index (χ1v) is 7.01. The highest BCUT2D eigenvalue weighted by atomic mass is 19.1. The van der Waals surface area contributed by atoms with Crippen LogP contribution in [0.4, 0.5) is 14.9 Å². The van der Waals surface area contributed by atoms with Gasteiger partial charge in [0.25, 0.3) is 0 Å². The van der Waals surface area contributed by atoms with Crippen LogP contribution in [0.3, 0.4) is 0 Å². The van der Waals surface area contributed by atoms with Gasteiger partial charge in [0.1, 0.15) is 5.82 Å². The number of hydrogen-bond donors (Lipinski definition) is 3. The van der Waals surface area contributed by atoms with Crippen LogP contribution in [0.1, 0.15) is 26.7 Å². The molecular formula is C15H22FN3O. The van der Waals surface area contributed by atoms with Gasteiger partial charge in [-0.1, -0.05) is 19.9 Å². The number of carbonyl (C=O) groups excluding carboxylic acids is 1. The fraction of sp³-hybridized carbons (Fsp3) is 0.533. The van der Waals surface area contributed by atoms with Crippen molar-refractivity contribution in [3.63, 3.8) is 0 Å². The van der Waals surface area contributed by atoms with Gasteiger partial charge in [0, 0.05) is 18.3 Å². The molecule has 1 aliphatic heterocycles. The van der Waals surface area contributed by atoms with Crippen LogP contribution in [0.15, 0.2) is 24.3 Å². The Bertz CT molecular complexity index is 476. The molecule has 0 spiro atoms. The maximum Gasteiger partial charge on any atom is 0.319 e. The molecular weight excluding hydrogens is 257 g/mol. The summed E-state index contributed by atoms with van der Waals surface area (Å²) >= 11 is 0. The molecule has 2 rings (SSSR count). The molecule has 1 fully saturated rings. The van der Waals surface area contributed by atoms with Gasteiger partial charge >= 0.3 is 6.03 Å². The van der Waals surface area contributed by atoms with Crippen LogP contribution in [0.5, 0.6) is 0 Å². The summed E-state index contributed by atoms with van der Waals surface area (Å²) in [6, 6.07) is 5.82. The quantitative estimate of drug-likeness (QED) is 0.797. The Balaban J connectivity index is 1.83. The van der Waals surface area contributed by atoms with Crippen molar-refractivity contribution >= 4 is 11.7 Å².